The molecule has 1 unspecified atom stereocenters. The molecular formula is C46H37N3O. The number of imidazole rings is 1. The molecule has 0 saturated carbocycles. The number of allylic oxidation sites excluding steroid dienone is 6. The fourth-order valence-electron chi connectivity index (χ4n) is 7.69. The third-order valence-electron chi connectivity index (χ3n) is 10.0. The van der Waals surface area contributed by atoms with Crippen LogP contribution in [-0.4, -0.2) is 14.1 Å². The molecule has 4 nitrogen and oxygen atoms in total. The maximum atomic E-state index is 6.57. The third-order valence-corrected chi connectivity index (χ3v) is 10.0. The van der Waals surface area contributed by atoms with Crippen molar-refractivity contribution in [3.63, 3.8) is 0 Å². The van der Waals surface area contributed by atoms with Crippen molar-refractivity contribution in [1.29, 1.82) is 0 Å². The zero-order chi connectivity index (χ0) is 33.8. The highest BCUT2D eigenvalue weighted by molar-refractivity contribution is 6.10. The van der Waals surface area contributed by atoms with Crippen molar-refractivity contribution in [2.24, 2.45) is 5.92 Å². The van der Waals surface area contributed by atoms with Gasteiger partial charge in [0.15, 0.2) is 0 Å². The fraction of sp³-hybridized carbons (Fsp3) is 0.109. The first-order chi connectivity index (χ1) is 24.6. The average molecular weight is 648 g/mol. The maximum absolute atomic E-state index is 6.57. The van der Waals surface area contributed by atoms with Crippen LogP contribution in [0.1, 0.15) is 26.6 Å². The number of hydrogen-bond donors (Lipinski definition) is 0. The topological polar surface area (TPSA) is 35.9 Å². The zero-order valence-corrected chi connectivity index (χ0v) is 28.5. The minimum atomic E-state index is 0.156. The second-order valence-corrected chi connectivity index (χ2v) is 13.0. The summed E-state index contributed by atoms with van der Waals surface area (Å²) in [4.78, 5) is 4.93. The number of aryl methyl sites for hydroxylation is 1. The lowest BCUT2D eigenvalue weighted by Crippen LogP contribution is -2.25. The molecule has 3 aromatic heterocycles. The number of hydrogen-bond acceptors (Lipinski definition) is 2. The van der Waals surface area contributed by atoms with Crippen LogP contribution in [0.3, 0.4) is 0 Å². The van der Waals surface area contributed by atoms with Crippen molar-refractivity contribution in [3.05, 3.63) is 162 Å². The summed E-state index contributed by atoms with van der Waals surface area (Å²) in [5.41, 5.74) is 12.2. The Bertz CT molecular complexity index is 2820. The van der Waals surface area contributed by atoms with Crippen LogP contribution in [0.2, 0.25) is 0 Å². The number of benzene rings is 5. The van der Waals surface area contributed by atoms with E-state index in [-0.39, 0.29) is 5.92 Å². The molecule has 0 bridgehead atoms. The van der Waals surface area contributed by atoms with Gasteiger partial charge in [0.1, 0.15) is 16.8 Å². The number of aromatic nitrogens is 3. The van der Waals surface area contributed by atoms with Gasteiger partial charge >= 0.3 is 0 Å². The van der Waals surface area contributed by atoms with Gasteiger partial charge in [0, 0.05) is 45.1 Å². The first-order valence-corrected chi connectivity index (χ1v) is 17.5. The number of rotatable bonds is 5. The van der Waals surface area contributed by atoms with Gasteiger partial charge < -0.3 is 8.98 Å². The van der Waals surface area contributed by atoms with E-state index in [1.807, 2.05) is 13.0 Å². The minimum Gasteiger partial charge on any atom is -0.456 e. The minimum absolute atomic E-state index is 0.156. The van der Waals surface area contributed by atoms with E-state index >= 15 is 0 Å². The lowest BCUT2D eigenvalue weighted by Gasteiger charge is -2.18. The summed E-state index contributed by atoms with van der Waals surface area (Å²) in [6, 6.07) is 41.2. The predicted octanol–water partition coefficient (Wildman–Crippen LogP) is 10.4. The second-order valence-electron chi connectivity index (χ2n) is 13.0. The van der Waals surface area contributed by atoms with E-state index in [9.17, 15) is 0 Å². The van der Waals surface area contributed by atoms with Crippen LogP contribution in [0.5, 0.6) is 0 Å². The monoisotopic (exact) mass is 647 g/mol. The lowest BCUT2D eigenvalue weighted by molar-refractivity contribution is 0.575. The molecule has 0 aliphatic heterocycles. The number of para-hydroxylation sites is 4. The van der Waals surface area contributed by atoms with Crippen molar-refractivity contribution in [2.75, 3.05) is 0 Å². The number of fused-ring (bicyclic) bond motifs is 5. The Labute approximate surface area is 290 Å². The molecule has 5 aromatic carbocycles. The quantitative estimate of drug-likeness (QED) is 0.186. The SMILES string of the molecule is C\C=C/C=c1/oc2ccc(-c3ccc4c(c3)c3ccccc3n4-c3ccccc3)cc2/c1=C1\C=CC(n2c(CC)nc3ccccc32)=CC1C. The van der Waals surface area contributed by atoms with Crippen molar-refractivity contribution >= 4 is 61.2 Å². The van der Waals surface area contributed by atoms with Crippen LogP contribution in [0.4, 0.5) is 0 Å². The Morgan fingerprint density at radius 2 is 1.44 bits per heavy atom. The summed E-state index contributed by atoms with van der Waals surface area (Å²) in [5, 5.41) is 4.76. The molecule has 0 amide bonds. The molecule has 1 aliphatic carbocycles. The molecule has 0 radical (unpaired) electrons. The van der Waals surface area contributed by atoms with Crippen LogP contribution in [0.15, 0.2) is 150 Å². The first-order valence-electron chi connectivity index (χ1n) is 17.5. The fourth-order valence-corrected chi connectivity index (χ4v) is 7.69. The molecule has 0 N–H and O–H groups in total. The molecule has 242 valence electrons. The van der Waals surface area contributed by atoms with E-state index in [0.29, 0.717) is 0 Å². The van der Waals surface area contributed by atoms with Crippen molar-refractivity contribution in [2.45, 2.75) is 27.2 Å². The molecule has 1 atom stereocenters. The Kier molecular flexibility index (Phi) is 7.24. The van der Waals surface area contributed by atoms with E-state index in [1.54, 1.807) is 0 Å². The van der Waals surface area contributed by atoms with Crippen LogP contribution < -0.4 is 10.6 Å². The van der Waals surface area contributed by atoms with Gasteiger partial charge in [-0.25, -0.2) is 4.98 Å². The Hall–Kier alpha value is -6.13. The third kappa shape index (κ3) is 4.79. The van der Waals surface area contributed by atoms with Gasteiger partial charge in [-0.1, -0.05) is 98.8 Å². The highest BCUT2D eigenvalue weighted by atomic mass is 16.3. The van der Waals surface area contributed by atoms with Gasteiger partial charge in [-0.3, -0.25) is 4.57 Å². The molecule has 1 aliphatic rings. The van der Waals surface area contributed by atoms with Crippen LogP contribution in [0.25, 0.3) is 78.0 Å². The molecule has 9 rings (SSSR count). The number of nitrogens with zero attached hydrogens (tertiary/aromatic N) is 3. The highest BCUT2D eigenvalue weighted by Crippen LogP contribution is 2.36. The predicted molar refractivity (Wildman–Crippen MR) is 210 cm³/mol. The summed E-state index contributed by atoms with van der Waals surface area (Å²) in [6.45, 7) is 6.49. The normalized spacial score (nSPS) is 16.5. The van der Waals surface area contributed by atoms with Crippen LogP contribution >= 0.6 is 0 Å². The van der Waals surface area contributed by atoms with E-state index in [1.165, 1.54) is 32.9 Å². The molecule has 50 heavy (non-hydrogen) atoms. The summed E-state index contributed by atoms with van der Waals surface area (Å²) in [5.74, 6) is 1.23. The van der Waals surface area contributed by atoms with E-state index in [0.717, 1.165) is 61.8 Å². The largest absolute Gasteiger partial charge is 0.456 e. The van der Waals surface area contributed by atoms with Gasteiger partial charge in [-0.15, -0.1) is 0 Å². The summed E-state index contributed by atoms with van der Waals surface area (Å²) < 4.78 is 11.2. The van der Waals surface area contributed by atoms with Crippen LogP contribution in [-0.2, 0) is 6.42 Å². The van der Waals surface area contributed by atoms with Gasteiger partial charge in [0.05, 0.1) is 22.1 Å². The van der Waals surface area contributed by atoms with Gasteiger partial charge in [0.2, 0.25) is 0 Å². The lowest BCUT2D eigenvalue weighted by atomic mass is 9.91. The highest BCUT2D eigenvalue weighted by Gasteiger charge is 2.19. The molecule has 0 spiro atoms. The van der Waals surface area contributed by atoms with Crippen molar-refractivity contribution in [3.8, 4) is 16.8 Å². The Balaban J connectivity index is 1.21. The Morgan fingerprint density at radius 1 is 0.720 bits per heavy atom. The summed E-state index contributed by atoms with van der Waals surface area (Å²) >= 11 is 0. The van der Waals surface area contributed by atoms with E-state index in [2.05, 4.69) is 169 Å². The van der Waals surface area contributed by atoms with Gasteiger partial charge in [-0.05, 0) is 90.4 Å². The standard InChI is InChI=1S/C46H37N3O/c1-4-6-20-44-46(35-24-23-34(27-30(35)3)49-42-19-13-11-17-39(42)47-45(49)5-2)38-29-32(22-26-43(38)50-44)31-21-25-41-37(28-31)36-16-10-12-18-40(36)48(41)33-14-8-7-9-15-33/h4,6-30H,5H2,1-3H3/b6-4-,44-20+,46-35-. The maximum Gasteiger partial charge on any atom is 0.135 e. The zero-order valence-electron chi connectivity index (χ0n) is 28.5. The molecule has 3 heterocycles. The molecule has 4 heteroatoms. The summed E-state index contributed by atoms with van der Waals surface area (Å²) in [6.07, 6.45) is 13.9. The average Bonchev–Trinajstić information content (AvgIpc) is 3.83. The molecular weight excluding hydrogens is 611 g/mol. The second kappa shape index (κ2) is 12.1. The van der Waals surface area contributed by atoms with E-state index < -0.39 is 0 Å². The smallest absolute Gasteiger partial charge is 0.135 e. The molecule has 8 aromatic rings. The van der Waals surface area contributed by atoms with E-state index in [4.69, 9.17) is 9.40 Å². The first kappa shape index (κ1) is 30.0. The van der Waals surface area contributed by atoms with Crippen molar-refractivity contribution < 1.29 is 4.42 Å². The summed E-state index contributed by atoms with van der Waals surface area (Å²) in [7, 11) is 0. The number of furan rings is 1. The van der Waals surface area contributed by atoms with Crippen LogP contribution in [0, 0.1) is 5.92 Å². The molecule has 0 fully saturated rings. The van der Waals surface area contributed by atoms with Crippen molar-refractivity contribution in [1.82, 2.24) is 14.1 Å². The van der Waals surface area contributed by atoms with Gasteiger partial charge in [-0.2, -0.15) is 0 Å². The molecule has 0 saturated heterocycles. The van der Waals surface area contributed by atoms with Gasteiger partial charge in [0.25, 0.3) is 0 Å². The Morgan fingerprint density at radius 3 is 2.24 bits per heavy atom.